The molecule has 1 unspecified atom stereocenters. The molecule has 3 aromatic rings. The van der Waals surface area contributed by atoms with Crippen LogP contribution in [0.2, 0.25) is 0 Å². The van der Waals surface area contributed by atoms with Crippen LogP contribution in [0.1, 0.15) is 18.9 Å². The van der Waals surface area contributed by atoms with E-state index in [1.165, 1.54) is 17.6 Å². The van der Waals surface area contributed by atoms with E-state index in [0.29, 0.717) is 11.7 Å². The maximum atomic E-state index is 4.36. The van der Waals surface area contributed by atoms with Gasteiger partial charge in [-0.2, -0.15) is 0 Å². The number of nitrogens with zero attached hydrogens (tertiary/aromatic N) is 6. The van der Waals surface area contributed by atoms with Gasteiger partial charge in [-0.15, -0.1) is 0 Å². The predicted molar refractivity (Wildman–Crippen MR) is 113 cm³/mol. The summed E-state index contributed by atoms with van der Waals surface area (Å²) in [7, 11) is 0. The number of hydrogen-bond acceptors (Lipinski definition) is 7. The molecule has 7 heteroatoms. The maximum absolute atomic E-state index is 4.36. The van der Waals surface area contributed by atoms with Crippen molar-refractivity contribution >= 4 is 22.7 Å². The molecule has 0 amide bonds. The summed E-state index contributed by atoms with van der Waals surface area (Å²) in [6.07, 6.45) is 5.92. The monoisotopic (exact) mass is 377 g/mol. The van der Waals surface area contributed by atoms with Gasteiger partial charge in [0.15, 0.2) is 11.5 Å². The van der Waals surface area contributed by atoms with Crippen LogP contribution >= 0.6 is 0 Å². The van der Waals surface area contributed by atoms with Gasteiger partial charge in [0.05, 0.1) is 0 Å². The zero-order chi connectivity index (χ0) is 19.3. The number of rotatable bonds is 6. The second kappa shape index (κ2) is 8.48. The largest absolute Gasteiger partial charge is 0.369 e. The van der Waals surface area contributed by atoms with Gasteiger partial charge < -0.3 is 10.2 Å². The van der Waals surface area contributed by atoms with Gasteiger partial charge in [-0.25, -0.2) is 19.9 Å². The molecule has 0 radical (unpaired) electrons. The molecule has 1 fully saturated rings. The second-order valence-corrected chi connectivity index (χ2v) is 7.45. The number of nitrogens with one attached hydrogen (secondary N) is 1. The van der Waals surface area contributed by atoms with Crippen molar-refractivity contribution in [2.45, 2.75) is 26.3 Å². The van der Waals surface area contributed by atoms with Crippen LogP contribution in [0.15, 0.2) is 43.0 Å². The number of anilines is 2. The first-order chi connectivity index (χ1) is 13.7. The maximum Gasteiger partial charge on any atom is 0.183 e. The van der Waals surface area contributed by atoms with Crippen molar-refractivity contribution in [1.29, 1.82) is 0 Å². The van der Waals surface area contributed by atoms with Crippen LogP contribution in [0.25, 0.3) is 11.2 Å². The molecule has 1 aliphatic rings. The minimum absolute atomic E-state index is 0.301. The summed E-state index contributed by atoms with van der Waals surface area (Å²) < 4.78 is 0. The first-order valence-corrected chi connectivity index (χ1v) is 9.91. The van der Waals surface area contributed by atoms with Crippen molar-refractivity contribution < 1.29 is 0 Å². The van der Waals surface area contributed by atoms with E-state index in [9.17, 15) is 0 Å². The quantitative estimate of drug-likeness (QED) is 0.708. The van der Waals surface area contributed by atoms with Gasteiger partial charge in [-0.3, -0.25) is 4.90 Å². The molecule has 7 nitrogen and oxygen atoms in total. The third kappa shape index (κ3) is 4.36. The molecule has 1 aromatic carbocycles. The molecule has 1 saturated heterocycles. The number of piperazine rings is 1. The number of aromatic nitrogens is 4. The minimum atomic E-state index is 0.301. The Morgan fingerprint density at radius 1 is 1.04 bits per heavy atom. The lowest BCUT2D eigenvalue weighted by atomic mass is 10.1. The zero-order valence-electron chi connectivity index (χ0n) is 16.5. The summed E-state index contributed by atoms with van der Waals surface area (Å²) in [6.45, 7) is 9.78. The third-order valence-electron chi connectivity index (χ3n) is 5.27. The summed E-state index contributed by atoms with van der Waals surface area (Å²) >= 11 is 0. The Bertz CT molecular complexity index is 916. The number of benzene rings is 1. The van der Waals surface area contributed by atoms with Gasteiger partial charge in [0.1, 0.15) is 11.8 Å². The van der Waals surface area contributed by atoms with Crippen molar-refractivity contribution in [2.75, 3.05) is 42.9 Å². The van der Waals surface area contributed by atoms with Crippen LogP contribution in [-0.2, 0) is 0 Å². The molecule has 1 N–H and O–H groups in total. The zero-order valence-corrected chi connectivity index (χ0v) is 16.5. The fourth-order valence-electron chi connectivity index (χ4n) is 3.64. The summed E-state index contributed by atoms with van der Waals surface area (Å²) in [4.78, 5) is 22.1. The average Bonchev–Trinajstić information content (AvgIpc) is 2.73. The van der Waals surface area contributed by atoms with Crippen LogP contribution in [0.4, 0.5) is 11.5 Å². The molecule has 0 bridgehead atoms. The summed E-state index contributed by atoms with van der Waals surface area (Å²) in [5.74, 6) is 0.759. The topological polar surface area (TPSA) is 70.1 Å². The van der Waals surface area contributed by atoms with Crippen molar-refractivity contribution in [3.63, 3.8) is 0 Å². The Labute approximate surface area is 165 Å². The van der Waals surface area contributed by atoms with Crippen molar-refractivity contribution in [2.24, 2.45) is 0 Å². The van der Waals surface area contributed by atoms with Crippen molar-refractivity contribution in [3.05, 3.63) is 48.5 Å². The van der Waals surface area contributed by atoms with E-state index in [-0.39, 0.29) is 0 Å². The van der Waals surface area contributed by atoms with Gasteiger partial charge in [-0.05, 0) is 38.0 Å². The van der Waals surface area contributed by atoms with Crippen LogP contribution in [0.3, 0.4) is 0 Å². The summed E-state index contributed by atoms with van der Waals surface area (Å²) in [6, 6.07) is 9.08. The molecule has 4 rings (SSSR count). The Kier molecular flexibility index (Phi) is 5.62. The first kappa shape index (κ1) is 18.6. The Morgan fingerprint density at radius 3 is 2.68 bits per heavy atom. The van der Waals surface area contributed by atoms with Crippen LogP contribution in [0.5, 0.6) is 0 Å². The summed E-state index contributed by atoms with van der Waals surface area (Å²) in [5.41, 5.74) is 4.01. The molecule has 1 aliphatic heterocycles. The molecule has 146 valence electrons. The fourth-order valence-corrected chi connectivity index (χ4v) is 3.64. The molecular formula is C21H27N7. The second-order valence-electron chi connectivity index (χ2n) is 7.45. The molecule has 0 aliphatic carbocycles. The first-order valence-electron chi connectivity index (χ1n) is 9.91. The smallest absolute Gasteiger partial charge is 0.183 e. The Hall–Kier alpha value is -2.80. The van der Waals surface area contributed by atoms with Gasteiger partial charge in [0.2, 0.25) is 0 Å². The van der Waals surface area contributed by atoms with Crippen LogP contribution in [-0.4, -0.2) is 63.6 Å². The highest BCUT2D eigenvalue weighted by molar-refractivity contribution is 5.81. The van der Waals surface area contributed by atoms with Gasteiger partial charge in [-0.1, -0.05) is 12.1 Å². The normalized spacial score (nSPS) is 16.3. The van der Waals surface area contributed by atoms with Gasteiger partial charge in [0, 0.05) is 56.8 Å². The van der Waals surface area contributed by atoms with Gasteiger partial charge in [0.25, 0.3) is 0 Å². The molecule has 0 spiro atoms. The number of hydrogen-bond donors (Lipinski definition) is 1. The SMILES string of the molecule is Cc1cccc(N2CCN(CCC(C)Nc3ncnc4nccnc34)CC2)c1. The van der Waals surface area contributed by atoms with Crippen molar-refractivity contribution in [1.82, 2.24) is 24.8 Å². The Morgan fingerprint density at radius 2 is 1.86 bits per heavy atom. The van der Waals surface area contributed by atoms with E-state index in [4.69, 9.17) is 0 Å². The standard InChI is InChI=1S/C21H27N7/c1-16-4-3-5-18(14-16)28-12-10-27(11-13-28)9-6-17(2)26-21-19-20(24-15-25-21)23-8-7-22-19/h3-5,7-8,14-15,17H,6,9-13H2,1-2H3,(H,23,24,25,26). The fraction of sp³-hybridized carbons (Fsp3) is 0.429. The van der Waals surface area contributed by atoms with E-state index >= 15 is 0 Å². The predicted octanol–water partition coefficient (Wildman–Crippen LogP) is 2.74. The molecule has 2 aromatic heterocycles. The average molecular weight is 377 g/mol. The molecule has 1 atom stereocenters. The number of aryl methyl sites for hydroxylation is 1. The Balaban J connectivity index is 1.27. The highest BCUT2D eigenvalue weighted by Gasteiger charge is 2.18. The summed E-state index contributed by atoms with van der Waals surface area (Å²) in [5, 5.41) is 3.47. The molecule has 28 heavy (non-hydrogen) atoms. The van der Waals surface area contributed by atoms with E-state index in [2.05, 4.69) is 73.2 Å². The lowest BCUT2D eigenvalue weighted by Gasteiger charge is -2.36. The molecule has 3 heterocycles. The molecular weight excluding hydrogens is 350 g/mol. The third-order valence-corrected chi connectivity index (χ3v) is 5.27. The highest BCUT2D eigenvalue weighted by atomic mass is 15.3. The molecule has 0 saturated carbocycles. The minimum Gasteiger partial charge on any atom is -0.369 e. The lowest BCUT2D eigenvalue weighted by molar-refractivity contribution is 0.251. The van der Waals surface area contributed by atoms with Gasteiger partial charge >= 0.3 is 0 Å². The van der Waals surface area contributed by atoms with E-state index in [0.717, 1.165) is 50.5 Å². The van der Waals surface area contributed by atoms with E-state index in [1.807, 2.05) is 0 Å². The number of fused-ring (bicyclic) bond motifs is 1. The van der Waals surface area contributed by atoms with E-state index < -0.39 is 0 Å². The van der Waals surface area contributed by atoms with Crippen LogP contribution in [0, 0.1) is 6.92 Å². The van der Waals surface area contributed by atoms with E-state index in [1.54, 1.807) is 12.4 Å². The lowest BCUT2D eigenvalue weighted by Crippen LogP contribution is -2.47. The highest BCUT2D eigenvalue weighted by Crippen LogP contribution is 2.19. The van der Waals surface area contributed by atoms with Crippen LogP contribution < -0.4 is 10.2 Å². The van der Waals surface area contributed by atoms with Crippen molar-refractivity contribution in [3.8, 4) is 0 Å².